The van der Waals surface area contributed by atoms with E-state index in [2.05, 4.69) is 16.0 Å². The average Bonchev–Trinajstić information content (AvgIpc) is 3.20. The topological polar surface area (TPSA) is 56.2 Å². The summed E-state index contributed by atoms with van der Waals surface area (Å²) in [7, 11) is 0. The molecule has 1 aliphatic carbocycles. The third-order valence-corrected chi connectivity index (χ3v) is 5.28. The Morgan fingerprint density at radius 3 is 2.72 bits per heavy atom. The molecule has 0 amide bonds. The fraction of sp³-hybridized carbons (Fsp3) is 0.500. The Labute approximate surface area is 148 Å². The number of nitrogens with one attached hydrogen (secondary N) is 1. The molecule has 1 aromatic carbocycles. The van der Waals surface area contributed by atoms with Gasteiger partial charge in [0.25, 0.3) is 0 Å². The Morgan fingerprint density at radius 1 is 1.28 bits per heavy atom. The second-order valence-corrected chi connectivity index (χ2v) is 7.40. The van der Waals surface area contributed by atoms with Crippen LogP contribution in [0.15, 0.2) is 35.5 Å². The molecule has 0 saturated heterocycles. The van der Waals surface area contributed by atoms with Gasteiger partial charge in [-0.25, -0.2) is 9.78 Å². The van der Waals surface area contributed by atoms with E-state index in [1.165, 1.54) is 12.8 Å². The molecule has 1 unspecified atom stereocenters. The van der Waals surface area contributed by atoms with Gasteiger partial charge in [-0.05, 0) is 51.7 Å². The summed E-state index contributed by atoms with van der Waals surface area (Å²) in [6.45, 7) is 5.75. The third-order valence-electron chi connectivity index (χ3n) is 5.28. The molecule has 2 aromatic rings. The van der Waals surface area contributed by atoms with Crippen LogP contribution in [0.4, 0.5) is 5.95 Å². The molecule has 2 aliphatic rings. The third kappa shape index (κ3) is 2.71. The summed E-state index contributed by atoms with van der Waals surface area (Å²) in [4.78, 5) is 17.6. The number of hydrogen-bond donors (Lipinski definition) is 1. The number of allylic oxidation sites excluding steroid dienone is 1. The lowest BCUT2D eigenvalue weighted by Crippen LogP contribution is -2.32. The second kappa shape index (κ2) is 6.21. The molecule has 0 radical (unpaired) electrons. The zero-order chi connectivity index (χ0) is 17.6. The van der Waals surface area contributed by atoms with Crippen molar-refractivity contribution in [2.45, 2.75) is 58.6 Å². The minimum absolute atomic E-state index is 0.00241. The number of hydrogen-bond acceptors (Lipinski definition) is 4. The molecule has 0 bridgehead atoms. The van der Waals surface area contributed by atoms with Crippen LogP contribution in [-0.2, 0) is 9.53 Å². The SMILES string of the molecule is CC1=C(C(=O)OC(C)C)C(C2CCCC2)n2c(nc3ccccc32)N1. The monoisotopic (exact) mass is 339 g/mol. The highest BCUT2D eigenvalue weighted by Gasteiger charge is 2.39. The molecule has 4 rings (SSSR count). The molecule has 0 spiro atoms. The summed E-state index contributed by atoms with van der Waals surface area (Å²) in [5, 5.41) is 3.34. The van der Waals surface area contributed by atoms with Crippen LogP contribution < -0.4 is 5.32 Å². The number of benzene rings is 1. The first-order valence-electron chi connectivity index (χ1n) is 9.22. The van der Waals surface area contributed by atoms with Gasteiger partial charge in [0.15, 0.2) is 0 Å². The molecule has 1 aliphatic heterocycles. The predicted molar refractivity (Wildman–Crippen MR) is 98.3 cm³/mol. The van der Waals surface area contributed by atoms with E-state index in [-0.39, 0.29) is 18.1 Å². The number of carbonyl (C=O) groups is 1. The van der Waals surface area contributed by atoms with Gasteiger partial charge in [0.05, 0.1) is 28.8 Å². The van der Waals surface area contributed by atoms with Crippen molar-refractivity contribution in [1.29, 1.82) is 0 Å². The van der Waals surface area contributed by atoms with E-state index in [0.717, 1.165) is 41.1 Å². The van der Waals surface area contributed by atoms with E-state index in [4.69, 9.17) is 9.72 Å². The number of anilines is 1. The minimum Gasteiger partial charge on any atom is -0.460 e. The summed E-state index contributed by atoms with van der Waals surface area (Å²) >= 11 is 0. The fourth-order valence-electron chi connectivity index (χ4n) is 4.27. The van der Waals surface area contributed by atoms with E-state index in [1.807, 2.05) is 39.0 Å². The molecule has 1 aromatic heterocycles. The Bertz CT molecular complexity index is 844. The lowest BCUT2D eigenvalue weighted by Gasteiger charge is -2.34. The molecular formula is C20H25N3O2. The van der Waals surface area contributed by atoms with E-state index in [9.17, 15) is 4.79 Å². The van der Waals surface area contributed by atoms with Crippen molar-refractivity contribution >= 4 is 23.0 Å². The van der Waals surface area contributed by atoms with E-state index in [0.29, 0.717) is 5.92 Å². The van der Waals surface area contributed by atoms with Gasteiger partial charge in [-0.2, -0.15) is 0 Å². The number of para-hydroxylation sites is 2. The number of fused-ring (bicyclic) bond motifs is 3. The zero-order valence-corrected chi connectivity index (χ0v) is 15.1. The van der Waals surface area contributed by atoms with E-state index in [1.54, 1.807) is 0 Å². The largest absolute Gasteiger partial charge is 0.460 e. The first-order chi connectivity index (χ1) is 12.1. The fourth-order valence-corrected chi connectivity index (χ4v) is 4.27. The number of aromatic nitrogens is 2. The van der Waals surface area contributed by atoms with Crippen LogP contribution in [0, 0.1) is 5.92 Å². The van der Waals surface area contributed by atoms with Crippen molar-refractivity contribution in [3.8, 4) is 0 Å². The van der Waals surface area contributed by atoms with Gasteiger partial charge >= 0.3 is 5.97 Å². The Morgan fingerprint density at radius 2 is 2.00 bits per heavy atom. The molecule has 132 valence electrons. The van der Waals surface area contributed by atoms with Crippen molar-refractivity contribution in [1.82, 2.24) is 9.55 Å². The molecule has 1 saturated carbocycles. The van der Waals surface area contributed by atoms with Crippen LogP contribution in [0.5, 0.6) is 0 Å². The summed E-state index contributed by atoms with van der Waals surface area (Å²) in [6, 6.07) is 8.13. The molecule has 1 N–H and O–H groups in total. The summed E-state index contributed by atoms with van der Waals surface area (Å²) in [6.07, 6.45) is 4.60. The van der Waals surface area contributed by atoms with Gasteiger partial charge in [-0.3, -0.25) is 0 Å². The standard InChI is InChI=1S/C20H25N3O2/c1-12(2)25-19(24)17-13(3)21-20-22-15-10-6-7-11-16(15)23(20)18(17)14-8-4-5-9-14/h6-7,10-12,14,18H,4-5,8-9H2,1-3H3,(H,21,22). The Balaban J connectivity index is 1.87. The van der Waals surface area contributed by atoms with Gasteiger partial charge < -0.3 is 14.6 Å². The van der Waals surface area contributed by atoms with Crippen LogP contribution in [-0.4, -0.2) is 21.6 Å². The molecule has 5 heteroatoms. The number of nitrogens with zero attached hydrogens (tertiary/aromatic N) is 2. The maximum Gasteiger partial charge on any atom is 0.338 e. The highest BCUT2D eigenvalue weighted by molar-refractivity contribution is 5.93. The van der Waals surface area contributed by atoms with Crippen LogP contribution in [0.25, 0.3) is 11.0 Å². The quantitative estimate of drug-likeness (QED) is 0.841. The minimum atomic E-state index is -0.208. The Kier molecular flexibility index (Phi) is 4.02. The maximum atomic E-state index is 12.9. The van der Waals surface area contributed by atoms with Crippen LogP contribution in [0.1, 0.15) is 52.5 Å². The molecule has 1 atom stereocenters. The van der Waals surface area contributed by atoms with Crippen LogP contribution in [0.2, 0.25) is 0 Å². The number of rotatable bonds is 3. The maximum absolute atomic E-state index is 12.9. The van der Waals surface area contributed by atoms with Gasteiger partial charge in [-0.15, -0.1) is 0 Å². The highest BCUT2D eigenvalue weighted by Crippen LogP contribution is 2.45. The lowest BCUT2D eigenvalue weighted by atomic mass is 9.88. The van der Waals surface area contributed by atoms with Crippen LogP contribution in [0.3, 0.4) is 0 Å². The highest BCUT2D eigenvalue weighted by atomic mass is 16.5. The molecule has 5 nitrogen and oxygen atoms in total. The first-order valence-corrected chi connectivity index (χ1v) is 9.22. The average molecular weight is 339 g/mol. The van der Waals surface area contributed by atoms with Crippen molar-refractivity contribution in [3.63, 3.8) is 0 Å². The molecule has 1 fully saturated rings. The van der Waals surface area contributed by atoms with Gasteiger partial charge in [0.1, 0.15) is 0 Å². The smallest absolute Gasteiger partial charge is 0.338 e. The van der Waals surface area contributed by atoms with Crippen molar-refractivity contribution in [2.75, 3.05) is 5.32 Å². The molecule has 2 heterocycles. The van der Waals surface area contributed by atoms with E-state index >= 15 is 0 Å². The second-order valence-electron chi connectivity index (χ2n) is 7.40. The van der Waals surface area contributed by atoms with Gasteiger partial charge in [0, 0.05) is 5.70 Å². The number of ether oxygens (including phenoxy) is 1. The van der Waals surface area contributed by atoms with Crippen molar-refractivity contribution < 1.29 is 9.53 Å². The zero-order valence-electron chi connectivity index (χ0n) is 15.1. The Hall–Kier alpha value is -2.30. The van der Waals surface area contributed by atoms with Gasteiger partial charge in [0.2, 0.25) is 5.95 Å². The van der Waals surface area contributed by atoms with Gasteiger partial charge in [-0.1, -0.05) is 25.0 Å². The summed E-state index contributed by atoms with van der Waals surface area (Å²) in [5.74, 6) is 1.07. The lowest BCUT2D eigenvalue weighted by molar-refractivity contribution is -0.143. The van der Waals surface area contributed by atoms with Crippen molar-refractivity contribution in [2.24, 2.45) is 5.92 Å². The van der Waals surface area contributed by atoms with E-state index < -0.39 is 0 Å². The van der Waals surface area contributed by atoms with Crippen molar-refractivity contribution in [3.05, 3.63) is 35.5 Å². The predicted octanol–water partition coefficient (Wildman–Crippen LogP) is 4.42. The summed E-state index contributed by atoms with van der Waals surface area (Å²) < 4.78 is 7.80. The molecule has 25 heavy (non-hydrogen) atoms. The normalized spacial score (nSPS) is 20.9. The number of carbonyl (C=O) groups excluding carboxylic acids is 1. The summed E-state index contributed by atoms with van der Waals surface area (Å²) in [5.41, 5.74) is 3.66. The van der Waals surface area contributed by atoms with Crippen LogP contribution >= 0.6 is 0 Å². The molecular weight excluding hydrogens is 314 g/mol. The number of esters is 1. The number of imidazole rings is 1. The first kappa shape index (κ1) is 16.2.